The summed E-state index contributed by atoms with van der Waals surface area (Å²) in [6.45, 7) is 2.03. The molecule has 1 heterocycles. The molecular weight excluding hydrogens is 284 g/mol. The van der Waals surface area contributed by atoms with Gasteiger partial charge in [0.15, 0.2) is 0 Å². The summed E-state index contributed by atoms with van der Waals surface area (Å²) in [6.07, 6.45) is 1.75. The predicted molar refractivity (Wildman–Crippen MR) is 86.9 cm³/mol. The van der Waals surface area contributed by atoms with E-state index in [2.05, 4.69) is 10.3 Å². The number of benzene rings is 2. The third-order valence-corrected chi connectivity index (χ3v) is 3.82. The summed E-state index contributed by atoms with van der Waals surface area (Å²) >= 11 is 6.23. The van der Waals surface area contributed by atoms with E-state index < -0.39 is 0 Å². The first kappa shape index (κ1) is 13.7. The summed E-state index contributed by atoms with van der Waals surface area (Å²) in [6, 6.07) is 14.9. The lowest BCUT2D eigenvalue weighted by Gasteiger charge is -2.17. The van der Waals surface area contributed by atoms with Gasteiger partial charge in [-0.15, -0.1) is 0 Å². The van der Waals surface area contributed by atoms with Crippen molar-refractivity contribution in [3.05, 3.63) is 65.3 Å². The third-order valence-electron chi connectivity index (χ3n) is 3.47. The Kier molecular flexibility index (Phi) is 3.67. The number of aromatic hydroxyl groups is 1. The monoisotopic (exact) mass is 298 g/mol. The Morgan fingerprint density at radius 2 is 1.95 bits per heavy atom. The van der Waals surface area contributed by atoms with Gasteiger partial charge < -0.3 is 10.4 Å². The quantitative estimate of drug-likeness (QED) is 0.732. The molecule has 0 amide bonds. The number of hydrogen-bond donors (Lipinski definition) is 2. The summed E-state index contributed by atoms with van der Waals surface area (Å²) in [5.74, 6) is 0.958. The maximum atomic E-state index is 9.67. The first-order chi connectivity index (χ1) is 10.1. The molecule has 3 nitrogen and oxygen atoms in total. The molecule has 1 unspecified atom stereocenters. The van der Waals surface area contributed by atoms with Gasteiger partial charge in [0.05, 0.1) is 6.04 Å². The SMILES string of the molecule is CC(Nc1nccc2ccc(O)cc12)c1ccccc1Cl. The van der Waals surface area contributed by atoms with Gasteiger partial charge in [-0.1, -0.05) is 35.9 Å². The summed E-state index contributed by atoms with van der Waals surface area (Å²) in [7, 11) is 0. The van der Waals surface area contributed by atoms with Crippen LogP contribution in [-0.4, -0.2) is 10.1 Å². The molecular formula is C17H15ClN2O. The van der Waals surface area contributed by atoms with Crippen LogP contribution in [-0.2, 0) is 0 Å². The molecule has 0 spiro atoms. The van der Waals surface area contributed by atoms with Crippen LogP contribution in [0.15, 0.2) is 54.7 Å². The second-order valence-electron chi connectivity index (χ2n) is 4.95. The number of fused-ring (bicyclic) bond motifs is 1. The summed E-state index contributed by atoms with van der Waals surface area (Å²) in [5.41, 5.74) is 1.01. The summed E-state index contributed by atoms with van der Waals surface area (Å²) in [4.78, 5) is 4.38. The first-order valence-corrected chi connectivity index (χ1v) is 7.11. The van der Waals surface area contributed by atoms with Crippen molar-refractivity contribution in [3.63, 3.8) is 0 Å². The van der Waals surface area contributed by atoms with Crippen LogP contribution in [0.1, 0.15) is 18.5 Å². The molecule has 4 heteroatoms. The average Bonchev–Trinajstić information content (AvgIpc) is 2.48. The van der Waals surface area contributed by atoms with Crippen LogP contribution in [0.25, 0.3) is 10.8 Å². The number of hydrogen-bond acceptors (Lipinski definition) is 3. The molecule has 3 aromatic rings. The van der Waals surface area contributed by atoms with Gasteiger partial charge in [-0.3, -0.25) is 0 Å². The molecule has 0 radical (unpaired) electrons. The highest BCUT2D eigenvalue weighted by Crippen LogP contribution is 2.29. The van der Waals surface area contributed by atoms with Gasteiger partial charge in [0, 0.05) is 16.6 Å². The van der Waals surface area contributed by atoms with Crippen LogP contribution < -0.4 is 5.32 Å². The fourth-order valence-corrected chi connectivity index (χ4v) is 2.68. The van der Waals surface area contributed by atoms with Crippen LogP contribution >= 0.6 is 11.6 Å². The standard InChI is InChI=1S/C17H15ClN2O/c1-11(14-4-2-3-5-16(14)18)20-17-15-10-13(21)7-6-12(15)8-9-19-17/h2-11,21H,1H3,(H,19,20). The molecule has 21 heavy (non-hydrogen) atoms. The summed E-state index contributed by atoms with van der Waals surface area (Å²) < 4.78 is 0. The zero-order valence-electron chi connectivity index (χ0n) is 11.5. The highest BCUT2D eigenvalue weighted by molar-refractivity contribution is 6.31. The van der Waals surface area contributed by atoms with E-state index in [0.717, 1.165) is 27.2 Å². The van der Waals surface area contributed by atoms with Crippen molar-refractivity contribution >= 4 is 28.2 Å². The fraction of sp³-hybridized carbons (Fsp3) is 0.118. The van der Waals surface area contributed by atoms with Gasteiger partial charge in [0.2, 0.25) is 0 Å². The number of anilines is 1. The van der Waals surface area contributed by atoms with Crippen molar-refractivity contribution in [2.45, 2.75) is 13.0 Å². The Balaban J connectivity index is 1.98. The lowest BCUT2D eigenvalue weighted by Crippen LogP contribution is -2.08. The number of nitrogens with zero attached hydrogens (tertiary/aromatic N) is 1. The molecule has 0 saturated carbocycles. The van der Waals surface area contributed by atoms with Crippen LogP contribution in [0.5, 0.6) is 5.75 Å². The molecule has 0 aliphatic rings. The van der Waals surface area contributed by atoms with Crippen LogP contribution in [0.2, 0.25) is 5.02 Å². The third kappa shape index (κ3) is 2.78. The van der Waals surface area contributed by atoms with E-state index in [1.54, 1.807) is 18.3 Å². The van der Waals surface area contributed by atoms with Crippen molar-refractivity contribution in [2.75, 3.05) is 5.32 Å². The molecule has 106 valence electrons. The molecule has 0 aliphatic heterocycles. The molecule has 2 N–H and O–H groups in total. The normalized spacial score (nSPS) is 12.3. The average molecular weight is 299 g/mol. The van der Waals surface area contributed by atoms with Crippen molar-refractivity contribution in [2.24, 2.45) is 0 Å². The minimum atomic E-state index is 0.0131. The summed E-state index contributed by atoms with van der Waals surface area (Å²) in [5, 5.41) is 15.7. The largest absolute Gasteiger partial charge is 0.508 e. The molecule has 0 saturated heterocycles. The van der Waals surface area contributed by atoms with Gasteiger partial charge in [-0.05, 0) is 42.1 Å². The minimum absolute atomic E-state index is 0.0131. The molecule has 0 aliphatic carbocycles. The van der Waals surface area contributed by atoms with E-state index in [1.807, 2.05) is 43.3 Å². The molecule has 1 aromatic heterocycles. The number of phenolic OH excluding ortho intramolecular Hbond substituents is 1. The lowest BCUT2D eigenvalue weighted by atomic mass is 10.1. The molecule has 0 bridgehead atoms. The zero-order chi connectivity index (χ0) is 14.8. The topological polar surface area (TPSA) is 45.2 Å². The molecule has 0 fully saturated rings. The number of halogens is 1. The first-order valence-electron chi connectivity index (χ1n) is 6.74. The predicted octanol–water partition coefficient (Wildman–Crippen LogP) is 4.77. The maximum absolute atomic E-state index is 9.67. The van der Waals surface area contributed by atoms with Crippen molar-refractivity contribution in [3.8, 4) is 5.75 Å². The van der Waals surface area contributed by atoms with Crippen LogP contribution in [0, 0.1) is 0 Å². The van der Waals surface area contributed by atoms with E-state index in [-0.39, 0.29) is 11.8 Å². The van der Waals surface area contributed by atoms with Crippen molar-refractivity contribution in [1.82, 2.24) is 4.98 Å². The molecule has 2 aromatic carbocycles. The highest BCUT2D eigenvalue weighted by atomic mass is 35.5. The van der Waals surface area contributed by atoms with Gasteiger partial charge in [0.1, 0.15) is 11.6 Å². The highest BCUT2D eigenvalue weighted by Gasteiger charge is 2.11. The van der Waals surface area contributed by atoms with Crippen LogP contribution in [0.4, 0.5) is 5.82 Å². The Morgan fingerprint density at radius 1 is 1.14 bits per heavy atom. The number of pyridine rings is 1. The number of nitrogens with one attached hydrogen (secondary N) is 1. The van der Waals surface area contributed by atoms with Gasteiger partial charge in [-0.2, -0.15) is 0 Å². The zero-order valence-corrected chi connectivity index (χ0v) is 12.3. The van der Waals surface area contributed by atoms with Crippen molar-refractivity contribution in [1.29, 1.82) is 0 Å². The van der Waals surface area contributed by atoms with Gasteiger partial charge >= 0.3 is 0 Å². The smallest absolute Gasteiger partial charge is 0.134 e. The van der Waals surface area contributed by atoms with Gasteiger partial charge in [0.25, 0.3) is 0 Å². The molecule has 3 rings (SSSR count). The Bertz CT molecular complexity index is 789. The minimum Gasteiger partial charge on any atom is -0.508 e. The van der Waals surface area contributed by atoms with E-state index >= 15 is 0 Å². The van der Waals surface area contributed by atoms with Crippen molar-refractivity contribution < 1.29 is 5.11 Å². The molecule has 1 atom stereocenters. The second-order valence-corrected chi connectivity index (χ2v) is 5.36. The van der Waals surface area contributed by atoms with E-state index in [4.69, 9.17) is 11.6 Å². The lowest BCUT2D eigenvalue weighted by molar-refractivity contribution is 0.476. The number of phenols is 1. The Morgan fingerprint density at radius 3 is 2.76 bits per heavy atom. The maximum Gasteiger partial charge on any atom is 0.134 e. The fourth-order valence-electron chi connectivity index (χ4n) is 2.38. The van der Waals surface area contributed by atoms with E-state index in [9.17, 15) is 5.11 Å². The van der Waals surface area contributed by atoms with E-state index in [0.29, 0.717) is 0 Å². The van der Waals surface area contributed by atoms with Crippen LogP contribution in [0.3, 0.4) is 0 Å². The second kappa shape index (κ2) is 5.62. The van der Waals surface area contributed by atoms with Gasteiger partial charge in [-0.25, -0.2) is 4.98 Å². The Hall–Kier alpha value is -2.26. The number of rotatable bonds is 3. The Labute approximate surface area is 128 Å². The van der Waals surface area contributed by atoms with E-state index in [1.165, 1.54) is 0 Å². The number of aromatic nitrogens is 1.